The fourth-order valence-electron chi connectivity index (χ4n) is 3.85. The highest BCUT2D eigenvalue weighted by Gasteiger charge is 2.15. The summed E-state index contributed by atoms with van der Waals surface area (Å²) in [5, 5.41) is 0. The summed E-state index contributed by atoms with van der Waals surface area (Å²) in [5.74, 6) is 2.30. The minimum absolute atomic E-state index is 0.468. The average molecular weight is 409 g/mol. The molecule has 0 radical (unpaired) electrons. The minimum atomic E-state index is 0.468. The lowest BCUT2D eigenvalue weighted by Crippen LogP contribution is -2.02. The van der Waals surface area contributed by atoms with E-state index in [-0.39, 0.29) is 0 Å². The highest BCUT2D eigenvalue weighted by Crippen LogP contribution is 2.29. The van der Waals surface area contributed by atoms with Crippen molar-refractivity contribution in [2.45, 2.75) is 52.6 Å². The average Bonchev–Trinajstić information content (AvgIpc) is 3.31. The Balaban J connectivity index is 0.00000155. The van der Waals surface area contributed by atoms with Crippen molar-refractivity contribution >= 4 is 5.57 Å². The highest BCUT2D eigenvalue weighted by atomic mass is 16.5. The Morgan fingerprint density at radius 2 is 1.67 bits per heavy atom. The van der Waals surface area contributed by atoms with E-state index in [1.165, 1.54) is 37.7 Å². The number of benzene rings is 2. The van der Waals surface area contributed by atoms with Gasteiger partial charge < -0.3 is 14.2 Å². The van der Waals surface area contributed by atoms with E-state index in [0.29, 0.717) is 12.4 Å². The van der Waals surface area contributed by atoms with Crippen LogP contribution in [-0.2, 0) is 22.5 Å². The maximum Gasteiger partial charge on any atom is 0.122 e. The molecule has 0 aromatic heterocycles. The van der Waals surface area contributed by atoms with Gasteiger partial charge in [-0.05, 0) is 41.2 Å². The Morgan fingerprint density at radius 1 is 1.00 bits per heavy atom. The fourth-order valence-corrected chi connectivity index (χ4v) is 3.85. The molecule has 0 heterocycles. The second-order valence-corrected chi connectivity index (χ2v) is 7.34. The van der Waals surface area contributed by atoms with E-state index in [1.807, 2.05) is 32.0 Å². The molecule has 0 atom stereocenters. The zero-order valence-corrected chi connectivity index (χ0v) is 18.9. The Kier molecular flexibility index (Phi) is 10.1. The molecule has 1 fully saturated rings. The second kappa shape index (κ2) is 12.8. The van der Waals surface area contributed by atoms with Gasteiger partial charge in [-0.15, -0.1) is 0 Å². The summed E-state index contributed by atoms with van der Waals surface area (Å²) in [5.41, 5.74) is 4.27. The maximum atomic E-state index is 6.06. The summed E-state index contributed by atoms with van der Waals surface area (Å²) >= 11 is 0. The molecular formula is C27H36O3. The van der Waals surface area contributed by atoms with Crippen molar-refractivity contribution in [1.29, 1.82) is 0 Å². The van der Waals surface area contributed by atoms with Crippen molar-refractivity contribution in [1.82, 2.24) is 0 Å². The van der Waals surface area contributed by atoms with E-state index < -0.39 is 0 Å². The molecule has 0 saturated heterocycles. The molecule has 162 valence electrons. The number of methoxy groups -OCH3 is 2. The van der Waals surface area contributed by atoms with E-state index in [1.54, 1.807) is 20.5 Å². The first-order valence-electron chi connectivity index (χ1n) is 11.0. The molecule has 3 heteroatoms. The smallest absolute Gasteiger partial charge is 0.122 e. The molecule has 1 aliphatic carbocycles. The largest absolute Gasteiger partial charge is 0.504 e. The predicted molar refractivity (Wildman–Crippen MR) is 125 cm³/mol. The van der Waals surface area contributed by atoms with Crippen LogP contribution in [0.2, 0.25) is 0 Å². The lowest BCUT2D eigenvalue weighted by molar-refractivity contribution is 0.300. The third-order valence-corrected chi connectivity index (χ3v) is 5.41. The number of hydrogen-bond donors (Lipinski definition) is 0. The van der Waals surface area contributed by atoms with E-state index in [0.717, 1.165) is 28.4 Å². The van der Waals surface area contributed by atoms with Crippen LogP contribution in [0.15, 0.2) is 67.1 Å². The van der Waals surface area contributed by atoms with Gasteiger partial charge in [-0.2, -0.15) is 0 Å². The molecule has 0 amide bonds. The summed E-state index contributed by atoms with van der Waals surface area (Å²) in [6.07, 6.45) is 8.37. The summed E-state index contributed by atoms with van der Waals surface area (Å²) in [6.45, 7) is 8.44. The van der Waals surface area contributed by atoms with Crippen LogP contribution in [0.5, 0.6) is 5.75 Å². The van der Waals surface area contributed by atoms with Crippen molar-refractivity contribution in [3.05, 3.63) is 83.8 Å². The standard InChI is InChI=1S/C25H30O3.C2H6/c1-19(27-3)25(18-26-2)24-11-7-6-10-22(24)17-28-23-14-12-21(13-15-23)16-20-8-4-5-9-20;1-2/h6-7,10-15,18,20H,1,4-5,8-9,16-17H2,2-3H3;1-2H3/b25-18-;. The Morgan fingerprint density at radius 3 is 2.30 bits per heavy atom. The van der Waals surface area contributed by atoms with Gasteiger partial charge in [0.25, 0.3) is 0 Å². The molecule has 0 N–H and O–H groups in total. The van der Waals surface area contributed by atoms with Crippen LogP contribution in [0, 0.1) is 5.92 Å². The normalized spacial score (nSPS) is 13.9. The molecule has 30 heavy (non-hydrogen) atoms. The maximum absolute atomic E-state index is 6.06. The van der Waals surface area contributed by atoms with Gasteiger partial charge in [0.1, 0.15) is 18.1 Å². The second-order valence-electron chi connectivity index (χ2n) is 7.34. The molecule has 0 spiro atoms. The van der Waals surface area contributed by atoms with Crippen LogP contribution >= 0.6 is 0 Å². The molecule has 1 aliphatic rings. The molecule has 2 aromatic rings. The SMILES string of the molecule is C=C(OC)/C(=C/OC)c1ccccc1COc1ccc(CC2CCCC2)cc1.CC. The van der Waals surface area contributed by atoms with Crippen LogP contribution in [0.25, 0.3) is 5.57 Å². The van der Waals surface area contributed by atoms with Gasteiger partial charge in [0.2, 0.25) is 0 Å². The Bertz CT molecular complexity index is 799. The van der Waals surface area contributed by atoms with Gasteiger partial charge >= 0.3 is 0 Å². The Labute approximate surface area is 182 Å². The van der Waals surface area contributed by atoms with E-state index >= 15 is 0 Å². The quantitative estimate of drug-likeness (QED) is 0.325. The number of allylic oxidation sites excluding steroid dienone is 1. The van der Waals surface area contributed by atoms with E-state index in [2.05, 4.69) is 36.9 Å². The molecule has 3 nitrogen and oxygen atoms in total. The zero-order valence-electron chi connectivity index (χ0n) is 18.9. The number of ether oxygens (including phenoxy) is 3. The third-order valence-electron chi connectivity index (χ3n) is 5.41. The number of hydrogen-bond acceptors (Lipinski definition) is 3. The molecule has 1 saturated carbocycles. The van der Waals surface area contributed by atoms with Crippen molar-refractivity contribution in [2.75, 3.05) is 14.2 Å². The number of rotatable bonds is 9. The first-order valence-corrected chi connectivity index (χ1v) is 11.0. The van der Waals surface area contributed by atoms with E-state index in [4.69, 9.17) is 14.2 Å². The molecule has 0 unspecified atom stereocenters. The molecule has 0 bridgehead atoms. The van der Waals surface area contributed by atoms with Gasteiger partial charge in [-0.3, -0.25) is 0 Å². The van der Waals surface area contributed by atoms with Crippen molar-refractivity contribution in [2.24, 2.45) is 5.92 Å². The summed E-state index contributed by atoms with van der Waals surface area (Å²) in [7, 11) is 3.23. The Hall–Kier alpha value is -2.68. The van der Waals surface area contributed by atoms with Crippen molar-refractivity contribution in [3.8, 4) is 5.75 Å². The highest BCUT2D eigenvalue weighted by molar-refractivity contribution is 5.77. The summed E-state index contributed by atoms with van der Waals surface area (Å²) in [6, 6.07) is 16.6. The molecule has 3 rings (SSSR count). The minimum Gasteiger partial charge on any atom is -0.504 e. The first-order chi connectivity index (χ1) is 14.7. The summed E-state index contributed by atoms with van der Waals surface area (Å²) in [4.78, 5) is 0. The van der Waals surface area contributed by atoms with Gasteiger partial charge in [-0.25, -0.2) is 0 Å². The van der Waals surface area contributed by atoms with Gasteiger partial charge in [0.05, 0.1) is 26.1 Å². The molecule has 0 aliphatic heterocycles. The van der Waals surface area contributed by atoms with Crippen LogP contribution in [0.3, 0.4) is 0 Å². The van der Waals surface area contributed by atoms with Gasteiger partial charge in [0.15, 0.2) is 0 Å². The summed E-state index contributed by atoms with van der Waals surface area (Å²) < 4.78 is 16.6. The van der Waals surface area contributed by atoms with Crippen molar-refractivity contribution < 1.29 is 14.2 Å². The topological polar surface area (TPSA) is 27.7 Å². The third kappa shape index (κ3) is 6.69. The fraction of sp³-hybridized carbons (Fsp3) is 0.407. The predicted octanol–water partition coefficient (Wildman–Crippen LogP) is 7.17. The first kappa shape index (κ1) is 23.6. The van der Waals surface area contributed by atoms with Gasteiger partial charge in [0, 0.05) is 0 Å². The van der Waals surface area contributed by atoms with Crippen LogP contribution in [-0.4, -0.2) is 14.2 Å². The van der Waals surface area contributed by atoms with Crippen molar-refractivity contribution in [3.63, 3.8) is 0 Å². The lowest BCUT2D eigenvalue weighted by atomic mass is 9.98. The van der Waals surface area contributed by atoms with E-state index in [9.17, 15) is 0 Å². The lowest BCUT2D eigenvalue weighted by Gasteiger charge is -2.15. The van der Waals surface area contributed by atoms with Crippen LogP contribution in [0.4, 0.5) is 0 Å². The van der Waals surface area contributed by atoms with Gasteiger partial charge in [-0.1, -0.05) is 82.5 Å². The van der Waals surface area contributed by atoms with Crippen LogP contribution in [0.1, 0.15) is 56.2 Å². The monoisotopic (exact) mass is 408 g/mol. The molecular weight excluding hydrogens is 372 g/mol. The zero-order chi connectivity index (χ0) is 21.8. The van der Waals surface area contributed by atoms with Crippen LogP contribution < -0.4 is 4.74 Å². The molecule has 2 aromatic carbocycles.